The number of nitrogens with zero attached hydrogens (tertiary/aromatic N) is 2. The fourth-order valence-corrected chi connectivity index (χ4v) is 0.332. The highest BCUT2D eigenvalue weighted by atomic mass is 16.4. The van der Waals surface area contributed by atoms with Crippen LogP contribution in [0.4, 0.5) is 0 Å². The van der Waals surface area contributed by atoms with Gasteiger partial charge in [-0.25, -0.2) is 0 Å². The van der Waals surface area contributed by atoms with Gasteiger partial charge in [0, 0.05) is 0 Å². The number of nitriles is 2. The second kappa shape index (κ2) is 3.44. The number of hydrogen-bond donors (Lipinski definition) is 2. The van der Waals surface area contributed by atoms with Crippen LogP contribution in [0.3, 0.4) is 0 Å². The lowest BCUT2D eigenvalue weighted by atomic mass is 10.1. The summed E-state index contributed by atoms with van der Waals surface area (Å²) in [5.41, 5.74) is 4.94. The third-order valence-corrected chi connectivity index (χ3v) is 0.922. The molecule has 52 valence electrons. The van der Waals surface area contributed by atoms with Gasteiger partial charge in [0.2, 0.25) is 0 Å². The molecule has 0 radical (unpaired) electrons. The minimum Gasteiger partial charge on any atom is -0.480 e. The van der Waals surface area contributed by atoms with Crippen molar-refractivity contribution >= 4 is 5.97 Å². The van der Waals surface area contributed by atoms with Gasteiger partial charge < -0.3 is 10.8 Å². The predicted octanol–water partition coefficient (Wildman–Crippen LogP) is -0.938. The standard InChI is InChI=1S/C5H5N3O2/c6-1-3(2-7)4(8)5(9)10/h3-4H,8H2,(H,9,10). The largest absolute Gasteiger partial charge is 0.480 e. The summed E-state index contributed by atoms with van der Waals surface area (Å²) >= 11 is 0. The summed E-state index contributed by atoms with van der Waals surface area (Å²) in [7, 11) is 0. The van der Waals surface area contributed by atoms with Gasteiger partial charge in [0.15, 0.2) is 5.92 Å². The fourth-order valence-electron chi connectivity index (χ4n) is 0.332. The molecule has 0 saturated carbocycles. The quantitative estimate of drug-likeness (QED) is 0.513. The van der Waals surface area contributed by atoms with Gasteiger partial charge in [-0.15, -0.1) is 0 Å². The molecule has 0 aromatic carbocycles. The van der Waals surface area contributed by atoms with E-state index < -0.39 is 17.9 Å². The average Bonchev–Trinajstić information content (AvgIpc) is 1.90. The summed E-state index contributed by atoms with van der Waals surface area (Å²) in [6, 6.07) is 1.52. The molecular formula is C5H5N3O2. The van der Waals surface area contributed by atoms with E-state index in [1.807, 2.05) is 0 Å². The summed E-state index contributed by atoms with van der Waals surface area (Å²) in [5, 5.41) is 24.4. The Bertz CT molecular complexity index is 198. The molecule has 1 unspecified atom stereocenters. The van der Waals surface area contributed by atoms with Crippen LogP contribution in [0.15, 0.2) is 0 Å². The van der Waals surface area contributed by atoms with Gasteiger partial charge in [-0.3, -0.25) is 4.79 Å². The van der Waals surface area contributed by atoms with Gasteiger partial charge in [-0.2, -0.15) is 10.5 Å². The molecule has 0 aliphatic carbocycles. The molecule has 10 heavy (non-hydrogen) atoms. The van der Waals surface area contributed by atoms with Crippen LogP contribution in [0.2, 0.25) is 0 Å². The van der Waals surface area contributed by atoms with E-state index in [0.717, 1.165) is 0 Å². The number of nitrogens with two attached hydrogens (primary N) is 1. The Morgan fingerprint density at radius 2 is 1.90 bits per heavy atom. The van der Waals surface area contributed by atoms with Gasteiger partial charge in [0.25, 0.3) is 0 Å². The summed E-state index contributed by atoms with van der Waals surface area (Å²) in [6.07, 6.45) is 0. The second-order valence-electron chi connectivity index (χ2n) is 1.60. The van der Waals surface area contributed by atoms with Gasteiger partial charge in [-0.05, 0) is 0 Å². The number of rotatable bonds is 2. The Labute approximate surface area is 57.3 Å². The van der Waals surface area contributed by atoms with Crippen LogP contribution in [-0.2, 0) is 4.79 Å². The summed E-state index contributed by atoms with van der Waals surface area (Å²) in [6.45, 7) is 0. The third-order valence-electron chi connectivity index (χ3n) is 0.922. The minimum absolute atomic E-state index is 1.27. The monoisotopic (exact) mass is 139 g/mol. The molecule has 0 aromatic heterocycles. The van der Waals surface area contributed by atoms with Crippen LogP contribution in [0, 0.1) is 28.6 Å². The van der Waals surface area contributed by atoms with E-state index in [9.17, 15) is 4.79 Å². The van der Waals surface area contributed by atoms with Crippen LogP contribution in [0.25, 0.3) is 0 Å². The third kappa shape index (κ3) is 1.73. The Balaban J connectivity index is 4.23. The molecule has 5 nitrogen and oxygen atoms in total. The van der Waals surface area contributed by atoms with Gasteiger partial charge in [0.1, 0.15) is 6.04 Å². The zero-order valence-corrected chi connectivity index (χ0v) is 4.98. The van der Waals surface area contributed by atoms with E-state index >= 15 is 0 Å². The first-order chi connectivity index (χ1) is 4.63. The van der Waals surface area contributed by atoms with Crippen molar-refractivity contribution in [1.29, 1.82) is 10.5 Å². The van der Waals surface area contributed by atoms with E-state index in [4.69, 9.17) is 21.4 Å². The Kier molecular flexibility index (Phi) is 2.89. The summed E-state index contributed by atoms with van der Waals surface area (Å²) in [5.74, 6) is -2.61. The van der Waals surface area contributed by atoms with E-state index in [1.54, 1.807) is 0 Å². The number of aliphatic carboxylic acids is 1. The van der Waals surface area contributed by atoms with Gasteiger partial charge in [-0.1, -0.05) is 0 Å². The average molecular weight is 139 g/mol. The number of carboxylic acid groups (broad SMARTS) is 1. The topological polar surface area (TPSA) is 111 Å². The molecule has 0 heterocycles. The predicted molar refractivity (Wildman–Crippen MR) is 30.3 cm³/mol. The number of carbonyl (C=O) groups is 1. The van der Waals surface area contributed by atoms with Crippen molar-refractivity contribution in [3.8, 4) is 12.1 Å². The van der Waals surface area contributed by atoms with Crippen molar-refractivity contribution in [3.63, 3.8) is 0 Å². The molecule has 0 amide bonds. The first-order valence-corrected chi connectivity index (χ1v) is 2.41. The molecule has 0 aliphatic rings. The molecule has 1 atom stereocenters. The Hall–Kier alpha value is -1.59. The lowest BCUT2D eigenvalue weighted by molar-refractivity contribution is -0.138. The van der Waals surface area contributed by atoms with Crippen LogP contribution < -0.4 is 5.73 Å². The number of hydrogen-bond acceptors (Lipinski definition) is 4. The SMILES string of the molecule is N#CC(C#N)C(N)C(=O)O. The maximum absolute atomic E-state index is 10.0. The molecule has 0 saturated heterocycles. The van der Waals surface area contributed by atoms with Crippen LogP contribution in [-0.4, -0.2) is 17.1 Å². The lowest BCUT2D eigenvalue weighted by Gasteiger charge is -2.03. The van der Waals surface area contributed by atoms with Gasteiger partial charge >= 0.3 is 5.97 Å². The van der Waals surface area contributed by atoms with Gasteiger partial charge in [0.05, 0.1) is 12.1 Å². The first kappa shape index (κ1) is 8.41. The molecule has 0 aromatic rings. The zero-order chi connectivity index (χ0) is 8.15. The van der Waals surface area contributed by atoms with Crippen molar-refractivity contribution in [2.45, 2.75) is 6.04 Å². The van der Waals surface area contributed by atoms with Crippen LogP contribution in [0.1, 0.15) is 0 Å². The number of carboxylic acids is 1. The highest BCUT2D eigenvalue weighted by molar-refractivity contribution is 5.74. The highest BCUT2D eigenvalue weighted by Gasteiger charge is 2.23. The second-order valence-corrected chi connectivity index (χ2v) is 1.60. The van der Waals surface area contributed by atoms with E-state index in [2.05, 4.69) is 0 Å². The van der Waals surface area contributed by atoms with Crippen LogP contribution >= 0.6 is 0 Å². The maximum atomic E-state index is 10.0. The van der Waals surface area contributed by atoms with E-state index in [1.165, 1.54) is 12.1 Å². The minimum atomic E-state index is -1.41. The Morgan fingerprint density at radius 3 is 2.00 bits per heavy atom. The van der Waals surface area contributed by atoms with Crippen molar-refractivity contribution < 1.29 is 9.90 Å². The van der Waals surface area contributed by atoms with E-state index in [0.29, 0.717) is 0 Å². The van der Waals surface area contributed by atoms with E-state index in [-0.39, 0.29) is 0 Å². The van der Waals surface area contributed by atoms with Crippen molar-refractivity contribution in [1.82, 2.24) is 0 Å². The summed E-state index contributed by atoms with van der Waals surface area (Å²) in [4.78, 5) is 10.0. The molecule has 0 spiro atoms. The highest BCUT2D eigenvalue weighted by Crippen LogP contribution is 1.96. The van der Waals surface area contributed by atoms with Crippen molar-refractivity contribution in [3.05, 3.63) is 0 Å². The maximum Gasteiger partial charge on any atom is 0.322 e. The molecule has 0 bridgehead atoms. The first-order valence-electron chi connectivity index (χ1n) is 2.41. The fraction of sp³-hybridized carbons (Fsp3) is 0.400. The van der Waals surface area contributed by atoms with Crippen LogP contribution in [0.5, 0.6) is 0 Å². The lowest BCUT2D eigenvalue weighted by Crippen LogP contribution is -2.36. The molecular weight excluding hydrogens is 134 g/mol. The normalized spacial score (nSPS) is 11.6. The Morgan fingerprint density at radius 1 is 1.50 bits per heavy atom. The molecule has 0 fully saturated rings. The molecule has 0 aliphatic heterocycles. The van der Waals surface area contributed by atoms with Crippen molar-refractivity contribution in [2.24, 2.45) is 11.7 Å². The van der Waals surface area contributed by atoms with Crippen molar-refractivity contribution in [2.75, 3.05) is 0 Å². The molecule has 5 heteroatoms. The summed E-state index contributed by atoms with van der Waals surface area (Å²) < 4.78 is 0. The molecule has 0 rings (SSSR count). The zero-order valence-electron chi connectivity index (χ0n) is 4.98. The molecule has 3 N–H and O–H groups in total. The smallest absolute Gasteiger partial charge is 0.322 e.